The van der Waals surface area contributed by atoms with Gasteiger partial charge in [0.15, 0.2) is 0 Å². The van der Waals surface area contributed by atoms with Crippen molar-refractivity contribution in [2.75, 3.05) is 31.1 Å². The third-order valence-corrected chi connectivity index (χ3v) is 6.49. The Morgan fingerprint density at radius 1 is 0.882 bits per heavy atom. The van der Waals surface area contributed by atoms with Gasteiger partial charge in [-0.3, -0.25) is 10.00 Å². The zero-order valence-electron chi connectivity index (χ0n) is 19.4. The zero-order chi connectivity index (χ0) is 22.8. The molecule has 1 aliphatic rings. The number of hydrogen-bond acceptors (Lipinski definition) is 4. The van der Waals surface area contributed by atoms with E-state index in [0.717, 1.165) is 54.5 Å². The van der Waals surface area contributed by atoms with Crippen molar-refractivity contribution in [1.82, 2.24) is 20.1 Å². The largest absolute Gasteiger partial charge is 0.354 e. The molecule has 5 rings (SSSR count). The number of pyridine rings is 1. The number of benzene rings is 2. The Labute approximate surface area is 206 Å². The van der Waals surface area contributed by atoms with Crippen LogP contribution in [0.15, 0.2) is 72.9 Å². The molecule has 1 unspecified atom stereocenters. The molecule has 4 aromatic rings. The number of aromatic amines is 1. The van der Waals surface area contributed by atoms with Crippen LogP contribution in [-0.4, -0.2) is 46.3 Å². The fourth-order valence-corrected chi connectivity index (χ4v) is 4.85. The lowest BCUT2D eigenvalue weighted by Gasteiger charge is -2.40. The van der Waals surface area contributed by atoms with Gasteiger partial charge in [-0.2, -0.15) is 5.10 Å². The summed E-state index contributed by atoms with van der Waals surface area (Å²) in [5.41, 5.74) is 6.72. The number of piperazine rings is 1. The van der Waals surface area contributed by atoms with Crippen LogP contribution in [0.5, 0.6) is 0 Å². The summed E-state index contributed by atoms with van der Waals surface area (Å²) in [7, 11) is 0. The maximum absolute atomic E-state index is 13.5. The fraction of sp³-hybridized carbons (Fsp3) is 0.259. The molecule has 0 aliphatic carbocycles. The van der Waals surface area contributed by atoms with E-state index in [1.165, 1.54) is 23.3 Å². The van der Waals surface area contributed by atoms with Gasteiger partial charge in [0.05, 0.1) is 11.7 Å². The molecule has 176 valence electrons. The number of nitrogens with zero attached hydrogens (tertiary/aromatic N) is 4. The normalized spacial score (nSPS) is 15.1. The lowest BCUT2D eigenvalue weighted by atomic mass is 9.94. The Morgan fingerprint density at radius 2 is 1.59 bits per heavy atom. The molecule has 1 fully saturated rings. The molecule has 1 N–H and O–H groups in total. The van der Waals surface area contributed by atoms with Crippen LogP contribution in [0.25, 0.3) is 11.1 Å². The maximum atomic E-state index is 13.5. The van der Waals surface area contributed by atoms with Gasteiger partial charge >= 0.3 is 0 Å². The number of rotatable bonds is 5. The van der Waals surface area contributed by atoms with Crippen molar-refractivity contribution < 1.29 is 4.39 Å². The van der Waals surface area contributed by atoms with Gasteiger partial charge < -0.3 is 4.90 Å². The minimum atomic E-state index is -0.227. The third-order valence-electron chi connectivity index (χ3n) is 6.49. The molecule has 1 atom stereocenters. The summed E-state index contributed by atoms with van der Waals surface area (Å²) < 4.78 is 13.5. The molecule has 2 aromatic heterocycles. The molecule has 7 heteroatoms. The minimum absolute atomic E-state index is 0. The molecule has 34 heavy (non-hydrogen) atoms. The van der Waals surface area contributed by atoms with Crippen molar-refractivity contribution in [3.05, 3.63) is 101 Å². The first-order valence-electron chi connectivity index (χ1n) is 11.4. The van der Waals surface area contributed by atoms with Crippen LogP contribution in [0.3, 0.4) is 0 Å². The van der Waals surface area contributed by atoms with Gasteiger partial charge in [0.1, 0.15) is 11.6 Å². The quantitative estimate of drug-likeness (QED) is 0.408. The Balaban J connectivity index is 0.00000274. The molecule has 0 spiro atoms. The number of aryl methyl sites for hydroxylation is 2. The highest BCUT2D eigenvalue weighted by Crippen LogP contribution is 2.35. The van der Waals surface area contributed by atoms with Crippen LogP contribution < -0.4 is 4.90 Å². The summed E-state index contributed by atoms with van der Waals surface area (Å²) in [6.07, 6.45) is 1.83. The van der Waals surface area contributed by atoms with Gasteiger partial charge in [-0.1, -0.05) is 42.5 Å². The van der Waals surface area contributed by atoms with Crippen molar-refractivity contribution in [2.45, 2.75) is 19.9 Å². The van der Waals surface area contributed by atoms with Crippen LogP contribution >= 0.6 is 12.4 Å². The van der Waals surface area contributed by atoms with E-state index in [9.17, 15) is 4.39 Å². The molecule has 0 radical (unpaired) electrons. The molecule has 3 heterocycles. The highest BCUT2D eigenvalue weighted by molar-refractivity contribution is 5.85. The first-order chi connectivity index (χ1) is 16.1. The third kappa shape index (κ3) is 4.69. The smallest absolute Gasteiger partial charge is 0.136 e. The van der Waals surface area contributed by atoms with Crippen molar-refractivity contribution in [3.8, 4) is 11.1 Å². The molecular formula is C27H29ClFN5. The molecule has 5 nitrogen and oxygen atoms in total. The second-order valence-corrected chi connectivity index (χ2v) is 8.57. The van der Waals surface area contributed by atoms with Crippen LogP contribution in [0.4, 0.5) is 10.2 Å². The van der Waals surface area contributed by atoms with E-state index in [-0.39, 0.29) is 24.3 Å². The average molecular weight is 478 g/mol. The monoisotopic (exact) mass is 477 g/mol. The van der Waals surface area contributed by atoms with Crippen molar-refractivity contribution in [3.63, 3.8) is 0 Å². The summed E-state index contributed by atoms with van der Waals surface area (Å²) in [6.45, 7) is 7.72. The number of H-pyrrole nitrogens is 1. The highest BCUT2D eigenvalue weighted by Gasteiger charge is 2.30. The van der Waals surface area contributed by atoms with E-state index in [1.807, 2.05) is 24.4 Å². The Bertz CT molecular complexity index is 1200. The molecule has 1 aliphatic heterocycles. The fourth-order valence-electron chi connectivity index (χ4n) is 4.85. The van der Waals surface area contributed by atoms with E-state index in [2.05, 4.69) is 70.2 Å². The van der Waals surface area contributed by atoms with Crippen molar-refractivity contribution in [1.29, 1.82) is 0 Å². The highest BCUT2D eigenvalue weighted by atomic mass is 35.5. The van der Waals surface area contributed by atoms with Gasteiger partial charge in [-0.05, 0) is 49.2 Å². The Morgan fingerprint density at radius 3 is 2.24 bits per heavy atom. The predicted octanol–water partition coefficient (Wildman–Crippen LogP) is 5.56. The molecule has 0 saturated carbocycles. The number of aromatic nitrogens is 3. The van der Waals surface area contributed by atoms with Crippen LogP contribution in [-0.2, 0) is 0 Å². The average Bonchev–Trinajstić information content (AvgIpc) is 3.19. The van der Waals surface area contributed by atoms with Crippen LogP contribution in [0.2, 0.25) is 0 Å². The number of nitrogens with one attached hydrogen (secondary N) is 1. The van der Waals surface area contributed by atoms with Crippen LogP contribution in [0.1, 0.15) is 28.6 Å². The van der Waals surface area contributed by atoms with Gasteiger partial charge in [-0.15, -0.1) is 12.4 Å². The summed E-state index contributed by atoms with van der Waals surface area (Å²) in [4.78, 5) is 9.58. The van der Waals surface area contributed by atoms with Gasteiger partial charge in [-0.25, -0.2) is 9.37 Å². The molecular weight excluding hydrogens is 449 g/mol. The maximum Gasteiger partial charge on any atom is 0.136 e. The number of hydrogen-bond donors (Lipinski definition) is 1. The molecule has 2 aromatic carbocycles. The SMILES string of the molecule is Cc1n[nH]c(C)c1C(c1ccccc1)N1CCN(c2ncccc2-c2ccc(F)cc2)CC1.Cl. The predicted molar refractivity (Wildman–Crippen MR) is 137 cm³/mol. The van der Waals surface area contributed by atoms with Crippen molar-refractivity contribution in [2.24, 2.45) is 0 Å². The first kappa shape index (κ1) is 23.9. The molecule has 1 saturated heterocycles. The lowest BCUT2D eigenvalue weighted by Crippen LogP contribution is -2.48. The first-order valence-corrected chi connectivity index (χ1v) is 11.4. The van der Waals surface area contributed by atoms with E-state index < -0.39 is 0 Å². The van der Waals surface area contributed by atoms with Gasteiger partial charge in [0, 0.05) is 49.2 Å². The van der Waals surface area contributed by atoms with E-state index in [1.54, 1.807) is 0 Å². The Hall–Kier alpha value is -3.22. The zero-order valence-corrected chi connectivity index (χ0v) is 20.2. The minimum Gasteiger partial charge on any atom is -0.354 e. The summed E-state index contributed by atoms with van der Waals surface area (Å²) in [6, 6.07) is 21.5. The number of anilines is 1. The van der Waals surface area contributed by atoms with Crippen molar-refractivity contribution >= 4 is 18.2 Å². The Kier molecular flexibility index (Phi) is 7.29. The standard InChI is InChI=1S/C27H28FN5.ClH/c1-19-25(20(2)31-30-19)26(22-7-4-3-5-8-22)32-15-17-33(18-16-32)27-24(9-6-14-29-27)21-10-12-23(28)13-11-21;/h3-14,26H,15-18H2,1-2H3,(H,30,31);1H. The van der Waals surface area contributed by atoms with E-state index >= 15 is 0 Å². The lowest BCUT2D eigenvalue weighted by molar-refractivity contribution is 0.211. The molecule has 0 amide bonds. The molecule has 0 bridgehead atoms. The van der Waals surface area contributed by atoms with E-state index in [0.29, 0.717) is 0 Å². The summed E-state index contributed by atoms with van der Waals surface area (Å²) >= 11 is 0. The van der Waals surface area contributed by atoms with Gasteiger partial charge in [0.2, 0.25) is 0 Å². The second kappa shape index (κ2) is 10.4. The summed E-state index contributed by atoms with van der Waals surface area (Å²) in [5.74, 6) is 0.727. The second-order valence-electron chi connectivity index (χ2n) is 8.57. The number of halogens is 2. The van der Waals surface area contributed by atoms with Crippen LogP contribution in [0, 0.1) is 19.7 Å². The van der Waals surface area contributed by atoms with Gasteiger partial charge in [0.25, 0.3) is 0 Å². The topological polar surface area (TPSA) is 48.1 Å². The summed E-state index contributed by atoms with van der Waals surface area (Å²) in [5, 5.41) is 7.64. The van der Waals surface area contributed by atoms with E-state index in [4.69, 9.17) is 4.98 Å².